The lowest BCUT2D eigenvalue weighted by atomic mass is 9.95. The second-order valence-electron chi connectivity index (χ2n) is 9.00. The molecular weight excluding hydrogens is 424 g/mol. The highest BCUT2D eigenvalue weighted by Crippen LogP contribution is 2.50. The molecule has 0 saturated carbocycles. The molecule has 33 heavy (non-hydrogen) atoms. The summed E-state index contributed by atoms with van der Waals surface area (Å²) in [6.45, 7) is 6.78. The molecular formula is C28H28N4S. The summed E-state index contributed by atoms with van der Waals surface area (Å²) in [4.78, 5) is 12.5. The molecule has 3 atom stereocenters. The van der Waals surface area contributed by atoms with E-state index >= 15 is 0 Å². The molecule has 6 rings (SSSR count). The summed E-state index contributed by atoms with van der Waals surface area (Å²) in [7, 11) is 0. The molecule has 4 nitrogen and oxygen atoms in total. The van der Waals surface area contributed by atoms with Crippen molar-refractivity contribution in [2.45, 2.75) is 45.3 Å². The van der Waals surface area contributed by atoms with Gasteiger partial charge < -0.3 is 9.47 Å². The zero-order chi connectivity index (χ0) is 22.5. The Hall–Kier alpha value is -3.05. The minimum absolute atomic E-state index is 0.0181. The van der Waals surface area contributed by atoms with Gasteiger partial charge in [-0.2, -0.15) is 0 Å². The van der Waals surface area contributed by atoms with Crippen LogP contribution in [0.1, 0.15) is 48.1 Å². The van der Waals surface area contributed by atoms with Crippen LogP contribution in [0.15, 0.2) is 77.9 Å². The third-order valence-electron chi connectivity index (χ3n) is 7.13. The summed E-state index contributed by atoms with van der Waals surface area (Å²) in [6.07, 6.45) is 3.01. The predicted octanol–water partition coefficient (Wildman–Crippen LogP) is 6.62. The Morgan fingerprint density at radius 3 is 2.64 bits per heavy atom. The van der Waals surface area contributed by atoms with Crippen molar-refractivity contribution in [1.82, 2.24) is 14.5 Å². The number of aromatic nitrogens is 2. The van der Waals surface area contributed by atoms with Crippen LogP contribution in [-0.4, -0.2) is 31.4 Å². The molecule has 0 bridgehead atoms. The lowest BCUT2D eigenvalue weighted by Gasteiger charge is -2.32. The van der Waals surface area contributed by atoms with Crippen molar-refractivity contribution in [2.24, 2.45) is 4.99 Å². The molecule has 1 saturated heterocycles. The Morgan fingerprint density at radius 2 is 1.82 bits per heavy atom. The SMILES string of the molecule is CC[C@@H]1CSC2=N[C@@H](c3ccccn3)[C@H](c3cc(C)n(-c4cccc5ccccc45)c3C)N21. The number of hydrogen-bond acceptors (Lipinski definition) is 4. The third-order valence-corrected chi connectivity index (χ3v) is 8.25. The van der Waals surface area contributed by atoms with Crippen molar-refractivity contribution in [3.05, 3.63) is 95.6 Å². The Morgan fingerprint density at radius 1 is 1.00 bits per heavy atom. The van der Waals surface area contributed by atoms with E-state index in [-0.39, 0.29) is 12.1 Å². The Balaban J connectivity index is 1.52. The second kappa shape index (κ2) is 8.07. The number of amidine groups is 1. The maximum absolute atomic E-state index is 5.21. The average Bonchev–Trinajstić information content (AvgIpc) is 3.50. The van der Waals surface area contributed by atoms with Crippen molar-refractivity contribution >= 4 is 27.7 Å². The molecule has 166 valence electrons. The second-order valence-corrected chi connectivity index (χ2v) is 9.98. The quantitative estimate of drug-likeness (QED) is 0.349. The van der Waals surface area contributed by atoms with E-state index in [0.717, 1.165) is 17.9 Å². The zero-order valence-corrected chi connectivity index (χ0v) is 20.1. The van der Waals surface area contributed by atoms with Crippen molar-refractivity contribution < 1.29 is 0 Å². The largest absolute Gasteiger partial charge is 0.338 e. The molecule has 1 fully saturated rings. The van der Waals surface area contributed by atoms with E-state index in [1.165, 1.54) is 38.6 Å². The van der Waals surface area contributed by atoms with Crippen LogP contribution in [0.25, 0.3) is 16.5 Å². The van der Waals surface area contributed by atoms with Crippen LogP contribution < -0.4 is 0 Å². The predicted molar refractivity (Wildman–Crippen MR) is 138 cm³/mol. The maximum Gasteiger partial charge on any atom is 0.160 e. The zero-order valence-electron chi connectivity index (χ0n) is 19.3. The Kier molecular flexibility index (Phi) is 5.02. The van der Waals surface area contributed by atoms with Crippen LogP contribution in [0, 0.1) is 13.8 Å². The number of thioether (sulfide) groups is 1. The number of nitrogens with zero attached hydrogens (tertiary/aromatic N) is 4. The van der Waals surface area contributed by atoms with Crippen LogP contribution in [0.5, 0.6) is 0 Å². The molecule has 2 aliphatic rings. The molecule has 4 aromatic rings. The van der Waals surface area contributed by atoms with Crippen LogP contribution in [0.2, 0.25) is 0 Å². The molecule has 5 heteroatoms. The normalized spacial score (nSPS) is 22.1. The topological polar surface area (TPSA) is 33.4 Å². The van der Waals surface area contributed by atoms with Crippen LogP contribution in [-0.2, 0) is 0 Å². The first kappa shape index (κ1) is 20.5. The standard InChI is InChI=1S/C28H28N4S/c1-4-21-17-33-28-30-26(24-13-7-8-15-29-24)27(32(21)28)23-16-18(2)31(19(23)3)25-14-9-11-20-10-5-6-12-22(20)25/h5-16,21,26-27H,4,17H2,1-3H3/t21-,26+,27+/m1/s1. The number of hydrogen-bond donors (Lipinski definition) is 0. The minimum atomic E-state index is 0.0181. The van der Waals surface area contributed by atoms with Gasteiger partial charge >= 0.3 is 0 Å². The van der Waals surface area contributed by atoms with Crippen LogP contribution >= 0.6 is 11.8 Å². The van der Waals surface area contributed by atoms with Crippen molar-refractivity contribution in [3.63, 3.8) is 0 Å². The summed E-state index contributed by atoms with van der Waals surface area (Å²) in [6, 6.07) is 24.5. The van der Waals surface area contributed by atoms with Crippen molar-refractivity contribution in [1.29, 1.82) is 0 Å². The fraction of sp³-hybridized carbons (Fsp3) is 0.286. The fourth-order valence-electron chi connectivity index (χ4n) is 5.55. The molecule has 0 radical (unpaired) electrons. The summed E-state index contributed by atoms with van der Waals surface area (Å²) in [5.41, 5.74) is 6.20. The summed E-state index contributed by atoms with van der Waals surface area (Å²) >= 11 is 1.90. The van der Waals surface area contributed by atoms with Crippen LogP contribution in [0.3, 0.4) is 0 Å². The van der Waals surface area contributed by atoms with Gasteiger partial charge in [-0.05, 0) is 55.5 Å². The third kappa shape index (κ3) is 3.21. The molecule has 2 aromatic carbocycles. The molecule has 0 unspecified atom stereocenters. The highest BCUT2D eigenvalue weighted by Gasteiger charge is 2.46. The molecule has 0 aliphatic carbocycles. The molecule has 0 amide bonds. The van der Waals surface area contributed by atoms with E-state index in [9.17, 15) is 0 Å². The maximum atomic E-state index is 5.21. The molecule has 0 N–H and O–H groups in total. The van der Waals surface area contributed by atoms with E-state index in [2.05, 4.69) is 90.9 Å². The van der Waals surface area contributed by atoms with Gasteiger partial charge in [0.25, 0.3) is 0 Å². The van der Waals surface area contributed by atoms with Crippen molar-refractivity contribution in [2.75, 3.05) is 5.75 Å². The van der Waals surface area contributed by atoms with Gasteiger partial charge in [0.05, 0.1) is 17.4 Å². The number of fused-ring (bicyclic) bond motifs is 2. The minimum Gasteiger partial charge on any atom is -0.338 e. The first-order valence-electron chi connectivity index (χ1n) is 11.7. The summed E-state index contributed by atoms with van der Waals surface area (Å²) in [5.74, 6) is 1.11. The smallest absolute Gasteiger partial charge is 0.160 e. The number of rotatable bonds is 4. The van der Waals surface area contributed by atoms with Gasteiger partial charge in [-0.1, -0.05) is 61.2 Å². The van der Waals surface area contributed by atoms with Gasteiger partial charge in [-0.15, -0.1) is 0 Å². The number of benzene rings is 2. The molecule has 0 spiro atoms. The highest BCUT2D eigenvalue weighted by atomic mass is 32.2. The Bertz CT molecular complexity index is 1350. The van der Waals surface area contributed by atoms with Gasteiger partial charge in [-0.25, -0.2) is 0 Å². The van der Waals surface area contributed by atoms with E-state index in [0.29, 0.717) is 6.04 Å². The molecule has 2 aliphatic heterocycles. The van der Waals surface area contributed by atoms with E-state index < -0.39 is 0 Å². The average molecular weight is 453 g/mol. The summed E-state index contributed by atoms with van der Waals surface area (Å²) < 4.78 is 2.43. The first-order chi connectivity index (χ1) is 16.2. The van der Waals surface area contributed by atoms with Gasteiger partial charge in [0.15, 0.2) is 5.17 Å². The van der Waals surface area contributed by atoms with E-state index in [1.807, 2.05) is 24.0 Å². The van der Waals surface area contributed by atoms with Crippen LogP contribution in [0.4, 0.5) is 0 Å². The van der Waals surface area contributed by atoms with Crippen molar-refractivity contribution in [3.8, 4) is 5.69 Å². The lowest BCUT2D eigenvalue weighted by Crippen LogP contribution is -2.35. The van der Waals surface area contributed by atoms with Gasteiger partial charge in [0.2, 0.25) is 0 Å². The monoisotopic (exact) mass is 452 g/mol. The number of pyridine rings is 1. The van der Waals surface area contributed by atoms with E-state index in [4.69, 9.17) is 9.98 Å². The summed E-state index contributed by atoms with van der Waals surface area (Å²) in [5, 5.41) is 3.72. The fourth-order valence-corrected chi connectivity index (χ4v) is 6.89. The first-order valence-corrected chi connectivity index (χ1v) is 12.7. The van der Waals surface area contributed by atoms with Gasteiger partial charge in [0, 0.05) is 34.8 Å². The van der Waals surface area contributed by atoms with E-state index in [1.54, 1.807) is 0 Å². The lowest BCUT2D eigenvalue weighted by molar-refractivity contribution is 0.254. The van der Waals surface area contributed by atoms with Gasteiger partial charge in [0.1, 0.15) is 6.04 Å². The van der Waals surface area contributed by atoms with Gasteiger partial charge in [-0.3, -0.25) is 9.98 Å². The number of aryl methyl sites for hydroxylation is 1. The molecule has 4 heterocycles. The molecule has 2 aromatic heterocycles. The Labute approximate surface area is 199 Å². The highest BCUT2D eigenvalue weighted by molar-refractivity contribution is 8.14. The number of aliphatic imine (C=N–C) groups is 1.